The molecule has 0 radical (unpaired) electrons. The molecular weight excluding hydrogens is 192 g/mol. The van der Waals surface area contributed by atoms with Crippen LogP contribution in [-0.2, 0) is 9.16 Å². The second kappa shape index (κ2) is 11.2. The zero-order valence-electron chi connectivity index (χ0n) is 10.1. The summed E-state index contributed by atoms with van der Waals surface area (Å²) in [5.74, 6) is 0. The number of unbranched alkanes of at least 4 members (excludes halogenated alkanes) is 1. The maximum Gasteiger partial charge on any atom is 0.161 e. The SMILES string of the molecule is CCCCO[SiH2]CCC(C)OCCC. The Kier molecular flexibility index (Phi) is 11.3. The summed E-state index contributed by atoms with van der Waals surface area (Å²) in [6, 6.07) is 1.26. The van der Waals surface area contributed by atoms with Crippen LogP contribution < -0.4 is 0 Å². The van der Waals surface area contributed by atoms with E-state index in [4.69, 9.17) is 9.16 Å². The van der Waals surface area contributed by atoms with Crippen LogP contribution in [0.3, 0.4) is 0 Å². The lowest BCUT2D eigenvalue weighted by molar-refractivity contribution is 0.0636. The Balaban J connectivity index is 3.02. The summed E-state index contributed by atoms with van der Waals surface area (Å²) < 4.78 is 11.2. The van der Waals surface area contributed by atoms with Crippen LogP contribution in [0.1, 0.15) is 46.5 Å². The molecule has 0 aliphatic carbocycles. The second-order valence-electron chi connectivity index (χ2n) is 3.79. The molecule has 0 bridgehead atoms. The van der Waals surface area contributed by atoms with E-state index >= 15 is 0 Å². The highest BCUT2D eigenvalue weighted by Crippen LogP contribution is 2.02. The van der Waals surface area contributed by atoms with Crippen LogP contribution >= 0.6 is 0 Å². The lowest BCUT2D eigenvalue weighted by Gasteiger charge is -2.11. The topological polar surface area (TPSA) is 18.5 Å². The molecule has 0 saturated carbocycles. The van der Waals surface area contributed by atoms with Gasteiger partial charge in [0.1, 0.15) is 0 Å². The Morgan fingerprint density at radius 1 is 1.14 bits per heavy atom. The minimum atomic E-state index is -0.255. The van der Waals surface area contributed by atoms with Gasteiger partial charge in [0, 0.05) is 13.2 Å². The van der Waals surface area contributed by atoms with Crippen molar-refractivity contribution in [1.29, 1.82) is 0 Å². The minimum absolute atomic E-state index is 0.255. The molecule has 0 N–H and O–H groups in total. The van der Waals surface area contributed by atoms with Gasteiger partial charge in [-0.25, -0.2) is 0 Å². The van der Waals surface area contributed by atoms with Crippen LogP contribution in [0.25, 0.3) is 0 Å². The van der Waals surface area contributed by atoms with Crippen LogP contribution in [0.5, 0.6) is 0 Å². The Bertz CT molecular complexity index is 109. The molecule has 0 aliphatic rings. The summed E-state index contributed by atoms with van der Waals surface area (Å²) in [7, 11) is -0.255. The Labute approximate surface area is 91.3 Å². The number of rotatable bonds is 10. The summed E-state index contributed by atoms with van der Waals surface area (Å²) in [6.45, 7) is 8.39. The summed E-state index contributed by atoms with van der Waals surface area (Å²) >= 11 is 0. The van der Waals surface area contributed by atoms with Crippen molar-refractivity contribution in [3.63, 3.8) is 0 Å². The molecule has 0 aromatic rings. The van der Waals surface area contributed by atoms with Crippen molar-refractivity contribution in [3.05, 3.63) is 0 Å². The van der Waals surface area contributed by atoms with Crippen molar-refractivity contribution in [2.45, 2.75) is 58.6 Å². The molecule has 0 heterocycles. The third-order valence-corrected chi connectivity index (χ3v) is 3.42. The van der Waals surface area contributed by atoms with Gasteiger partial charge in [-0.3, -0.25) is 0 Å². The van der Waals surface area contributed by atoms with Crippen LogP contribution in [0.2, 0.25) is 6.04 Å². The van der Waals surface area contributed by atoms with Crippen molar-refractivity contribution >= 4 is 9.76 Å². The molecule has 0 spiro atoms. The van der Waals surface area contributed by atoms with Crippen molar-refractivity contribution < 1.29 is 9.16 Å². The van der Waals surface area contributed by atoms with E-state index in [0.717, 1.165) is 19.6 Å². The highest BCUT2D eigenvalue weighted by Gasteiger charge is 2.01. The zero-order chi connectivity index (χ0) is 10.6. The number of hydrogen-bond donors (Lipinski definition) is 0. The summed E-state index contributed by atoms with van der Waals surface area (Å²) in [5, 5.41) is 0. The van der Waals surface area contributed by atoms with Crippen LogP contribution in [0.15, 0.2) is 0 Å². The van der Waals surface area contributed by atoms with Crippen LogP contribution in [0, 0.1) is 0 Å². The van der Waals surface area contributed by atoms with E-state index in [9.17, 15) is 0 Å². The van der Waals surface area contributed by atoms with E-state index in [1.54, 1.807) is 0 Å². The maximum absolute atomic E-state index is 5.61. The van der Waals surface area contributed by atoms with Gasteiger partial charge < -0.3 is 9.16 Å². The molecule has 0 aromatic carbocycles. The van der Waals surface area contributed by atoms with Crippen molar-refractivity contribution in [3.8, 4) is 0 Å². The molecule has 0 amide bonds. The monoisotopic (exact) mass is 218 g/mol. The van der Waals surface area contributed by atoms with Gasteiger partial charge in [0.2, 0.25) is 0 Å². The Morgan fingerprint density at radius 3 is 2.57 bits per heavy atom. The molecule has 0 saturated heterocycles. The lowest BCUT2D eigenvalue weighted by Crippen LogP contribution is -2.11. The van der Waals surface area contributed by atoms with E-state index < -0.39 is 0 Å². The van der Waals surface area contributed by atoms with Gasteiger partial charge in [0.25, 0.3) is 0 Å². The summed E-state index contributed by atoms with van der Waals surface area (Å²) in [5.41, 5.74) is 0. The number of hydrogen-bond acceptors (Lipinski definition) is 2. The van der Waals surface area contributed by atoms with Crippen molar-refractivity contribution in [2.75, 3.05) is 13.2 Å². The van der Waals surface area contributed by atoms with Crippen molar-refractivity contribution in [2.24, 2.45) is 0 Å². The highest BCUT2D eigenvalue weighted by molar-refractivity contribution is 6.26. The Hall–Kier alpha value is 0.137. The quantitative estimate of drug-likeness (QED) is 0.414. The second-order valence-corrected chi connectivity index (χ2v) is 5.31. The molecule has 86 valence electrons. The molecule has 1 unspecified atom stereocenters. The van der Waals surface area contributed by atoms with E-state index in [0.29, 0.717) is 6.10 Å². The maximum atomic E-state index is 5.61. The highest BCUT2D eigenvalue weighted by atomic mass is 28.2. The third-order valence-electron chi connectivity index (χ3n) is 2.15. The van der Waals surface area contributed by atoms with E-state index in [1.807, 2.05) is 0 Å². The van der Waals surface area contributed by atoms with Gasteiger partial charge in [0.05, 0.1) is 6.10 Å². The van der Waals surface area contributed by atoms with Crippen LogP contribution in [-0.4, -0.2) is 29.1 Å². The number of ether oxygens (including phenoxy) is 1. The van der Waals surface area contributed by atoms with E-state index in [-0.39, 0.29) is 9.76 Å². The fraction of sp³-hybridized carbons (Fsp3) is 1.00. The predicted molar refractivity (Wildman–Crippen MR) is 64.5 cm³/mol. The molecule has 3 heteroatoms. The average molecular weight is 218 g/mol. The minimum Gasteiger partial charge on any atom is -0.424 e. The molecule has 0 rings (SSSR count). The van der Waals surface area contributed by atoms with Gasteiger partial charge in [0.15, 0.2) is 9.76 Å². The zero-order valence-corrected chi connectivity index (χ0v) is 11.5. The first-order chi connectivity index (χ1) is 6.81. The van der Waals surface area contributed by atoms with Gasteiger partial charge in [-0.1, -0.05) is 20.3 Å². The van der Waals surface area contributed by atoms with E-state index in [2.05, 4.69) is 20.8 Å². The van der Waals surface area contributed by atoms with Gasteiger partial charge in [-0.2, -0.15) is 0 Å². The molecule has 0 fully saturated rings. The molecule has 2 nitrogen and oxygen atoms in total. The normalized spacial score (nSPS) is 13.9. The largest absolute Gasteiger partial charge is 0.424 e. The molecular formula is C11H26O2Si. The molecule has 14 heavy (non-hydrogen) atoms. The summed E-state index contributed by atoms with van der Waals surface area (Å²) in [4.78, 5) is 0. The first-order valence-corrected chi connectivity index (χ1v) is 7.58. The first-order valence-electron chi connectivity index (χ1n) is 6.00. The van der Waals surface area contributed by atoms with Crippen LogP contribution in [0.4, 0.5) is 0 Å². The van der Waals surface area contributed by atoms with Gasteiger partial charge in [-0.15, -0.1) is 0 Å². The fourth-order valence-electron chi connectivity index (χ4n) is 1.22. The Morgan fingerprint density at radius 2 is 1.93 bits per heavy atom. The molecule has 0 aliphatic heterocycles. The third kappa shape index (κ3) is 10.2. The van der Waals surface area contributed by atoms with Crippen molar-refractivity contribution in [1.82, 2.24) is 0 Å². The smallest absolute Gasteiger partial charge is 0.161 e. The average Bonchev–Trinajstić information content (AvgIpc) is 2.20. The first kappa shape index (κ1) is 14.1. The van der Waals surface area contributed by atoms with Gasteiger partial charge in [-0.05, 0) is 32.2 Å². The summed E-state index contributed by atoms with van der Waals surface area (Å²) in [6.07, 6.45) is 5.18. The molecule has 1 atom stereocenters. The van der Waals surface area contributed by atoms with E-state index in [1.165, 1.54) is 25.3 Å². The standard InChI is InChI=1S/C11H26O2Si/c1-4-6-9-13-14-10-7-11(3)12-8-5-2/h11H,4-10,14H2,1-3H3. The van der Waals surface area contributed by atoms with Gasteiger partial charge >= 0.3 is 0 Å². The molecule has 0 aromatic heterocycles. The fourth-order valence-corrected chi connectivity index (χ4v) is 2.58. The lowest BCUT2D eigenvalue weighted by atomic mass is 10.3. The predicted octanol–water partition coefficient (Wildman–Crippen LogP) is 2.51.